The highest BCUT2D eigenvalue weighted by Crippen LogP contribution is 2.28. The first-order valence-electron chi connectivity index (χ1n) is 9.52. The molecule has 3 aromatic rings. The van der Waals surface area contributed by atoms with Gasteiger partial charge in [0, 0.05) is 11.2 Å². The summed E-state index contributed by atoms with van der Waals surface area (Å²) in [6.45, 7) is 5.52. The summed E-state index contributed by atoms with van der Waals surface area (Å²) >= 11 is 5.91. The number of nitrogens with zero attached hydrogens (tertiary/aromatic N) is 2. The molecule has 1 heterocycles. The monoisotopic (exact) mass is 413 g/mol. The zero-order chi connectivity index (χ0) is 20.6. The Morgan fingerprint density at radius 2 is 1.72 bits per heavy atom. The molecule has 1 N–H and O–H groups in total. The Morgan fingerprint density at radius 1 is 1.03 bits per heavy atom. The number of benzene rings is 2. The number of aromatic nitrogens is 2. The topological polar surface area (TPSA) is 65.4 Å². The van der Waals surface area contributed by atoms with Gasteiger partial charge in [0.2, 0.25) is 5.91 Å². The lowest BCUT2D eigenvalue weighted by atomic mass is 10.1. The number of nitrogens with one attached hydrogen (secondary N) is 1. The molecule has 0 saturated heterocycles. The normalized spacial score (nSPS) is 10.6. The summed E-state index contributed by atoms with van der Waals surface area (Å²) in [5.74, 6) is 1.21. The number of rotatable bonds is 9. The number of carbonyl (C=O) groups is 1. The van der Waals surface area contributed by atoms with Crippen LogP contribution in [0.1, 0.15) is 25.0 Å². The molecule has 0 bridgehead atoms. The molecule has 0 atom stereocenters. The van der Waals surface area contributed by atoms with Gasteiger partial charge in [-0.05, 0) is 49.2 Å². The van der Waals surface area contributed by atoms with Crippen molar-refractivity contribution in [3.05, 3.63) is 71.0 Å². The van der Waals surface area contributed by atoms with Crippen LogP contribution in [-0.2, 0) is 17.8 Å². The molecule has 6 nitrogen and oxygen atoms in total. The average Bonchev–Trinajstić information content (AvgIpc) is 3.12. The van der Waals surface area contributed by atoms with E-state index in [1.165, 1.54) is 0 Å². The Labute approximate surface area is 175 Å². The van der Waals surface area contributed by atoms with Crippen LogP contribution >= 0.6 is 11.6 Å². The SMILES string of the molecule is CCOc1ccc(CC(=O)Nc2cnn(Cc3ccc(Cl)cc3)c2)cc1OCC. The molecule has 0 aliphatic heterocycles. The maximum absolute atomic E-state index is 12.4. The van der Waals surface area contributed by atoms with Gasteiger partial charge in [0.05, 0.1) is 38.1 Å². The van der Waals surface area contributed by atoms with Crippen molar-refractivity contribution in [3.63, 3.8) is 0 Å². The van der Waals surface area contributed by atoms with Gasteiger partial charge in [0.1, 0.15) is 0 Å². The van der Waals surface area contributed by atoms with Crippen molar-refractivity contribution >= 4 is 23.2 Å². The lowest BCUT2D eigenvalue weighted by molar-refractivity contribution is -0.115. The van der Waals surface area contributed by atoms with Crippen LogP contribution in [0.5, 0.6) is 11.5 Å². The van der Waals surface area contributed by atoms with E-state index in [-0.39, 0.29) is 12.3 Å². The van der Waals surface area contributed by atoms with E-state index in [4.69, 9.17) is 21.1 Å². The molecule has 152 valence electrons. The van der Waals surface area contributed by atoms with Crippen LogP contribution < -0.4 is 14.8 Å². The number of amides is 1. The first-order chi connectivity index (χ1) is 14.1. The predicted molar refractivity (Wildman–Crippen MR) is 114 cm³/mol. The van der Waals surface area contributed by atoms with Gasteiger partial charge in [-0.25, -0.2) is 0 Å². The van der Waals surface area contributed by atoms with Crippen molar-refractivity contribution in [1.82, 2.24) is 9.78 Å². The van der Waals surface area contributed by atoms with Crippen LogP contribution in [0.25, 0.3) is 0 Å². The second-order valence-corrected chi connectivity index (χ2v) is 6.86. The summed E-state index contributed by atoms with van der Waals surface area (Å²) in [6.07, 6.45) is 3.67. The minimum absolute atomic E-state index is 0.123. The number of hydrogen-bond acceptors (Lipinski definition) is 4. The van der Waals surface area contributed by atoms with E-state index in [0.29, 0.717) is 42.0 Å². The van der Waals surface area contributed by atoms with E-state index in [1.807, 2.05) is 56.3 Å². The fourth-order valence-corrected chi connectivity index (χ4v) is 3.01. The summed E-state index contributed by atoms with van der Waals surface area (Å²) in [5.41, 5.74) is 2.58. The molecule has 0 radical (unpaired) electrons. The molecule has 1 amide bonds. The maximum Gasteiger partial charge on any atom is 0.228 e. The van der Waals surface area contributed by atoms with E-state index in [0.717, 1.165) is 11.1 Å². The van der Waals surface area contributed by atoms with Gasteiger partial charge in [0.15, 0.2) is 11.5 Å². The van der Waals surface area contributed by atoms with E-state index in [2.05, 4.69) is 10.4 Å². The van der Waals surface area contributed by atoms with Crippen molar-refractivity contribution in [2.24, 2.45) is 0 Å². The molecule has 0 aliphatic carbocycles. The number of carbonyl (C=O) groups excluding carboxylic acids is 1. The third-order valence-corrected chi connectivity index (χ3v) is 4.40. The first-order valence-corrected chi connectivity index (χ1v) is 9.90. The molecule has 0 spiro atoms. The van der Waals surface area contributed by atoms with E-state index in [1.54, 1.807) is 17.1 Å². The highest BCUT2D eigenvalue weighted by molar-refractivity contribution is 6.30. The number of hydrogen-bond donors (Lipinski definition) is 1. The van der Waals surface area contributed by atoms with Crippen molar-refractivity contribution in [1.29, 1.82) is 0 Å². The van der Waals surface area contributed by atoms with Crippen LogP contribution in [0.4, 0.5) is 5.69 Å². The fraction of sp³-hybridized carbons (Fsp3) is 0.273. The molecule has 0 unspecified atom stereocenters. The largest absolute Gasteiger partial charge is 0.490 e. The first kappa shape index (κ1) is 20.7. The van der Waals surface area contributed by atoms with Gasteiger partial charge in [-0.1, -0.05) is 29.8 Å². The highest BCUT2D eigenvalue weighted by atomic mass is 35.5. The third-order valence-electron chi connectivity index (χ3n) is 4.15. The Morgan fingerprint density at radius 3 is 2.45 bits per heavy atom. The molecule has 7 heteroatoms. The van der Waals surface area contributed by atoms with Crippen molar-refractivity contribution in [2.45, 2.75) is 26.8 Å². The van der Waals surface area contributed by atoms with Gasteiger partial charge in [-0.15, -0.1) is 0 Å². The van der Waals surface area contributed by atoms with Gasteiger partial charge in [-0.2, -0.15) is 5.10 Å². The summed E-state index contributed by atoms with van der Waals surface area (Å²) in [6, 6.07) is 13.1. The number of ether oxygens (including phenoxy) is 2. The van der Waals surface area contributed by atoms with Crippen LogP contribution in [0.2, 0.25) is 5.02 Å². The molecule has 0 fully saturated rings. The predicted octanol–water partition coefficient (Wildman–Crippen LogP) is 4.56. The Kier molecular flexibility index (Phi) is 7.14. The average molecular weight is 414 g/mol. The van der Waals surface area contributed by atoms with Gasteiger partial charge < -0.3 is 14.8 Å². The molecular weight excluding hydrogens is 390 g/mol. The second-order valence-electron chi connectivity index (χ2n) is 6.43. The van der Waals surface area contributed by atoms with E-state index < -0.39 is 0 Å². The molecular formula is C22H24ClN3O3. The quantitative estimate of drug-likeness (QED) is 0.558. The molecule has 1 aromatic heterocycles. The number of anilines is 1. The zero-order valence-electron chi connectivity index (χ0n) is 16.5. The molecule has 3 rings (SSSR count). The fourth-order valence-electron chi connectivity index (χ4n) is 2.89. The zero-order valence-corrected chi connectivity index (χ0v) is 17.3. The molecule has 0 saturated carbocycles. The Hall–Kier alpha value is -2.99. The summed E-state index contributed by atoms with van der Waals surface area (Å²) in [5, 5.41) is 7.88. The standard InChI is InChI=1S/C22H24ClN3O3/c1-3-28-20-10-7-17(11-21(20)29-4-2)12-22(27)25-19-13-24-26(15-19)14-16-5-8-18(23)9-6-16/h5-11,13,15H,3-4,12,14H2,1-2H3,(H,25,27). The summed E-state index contributed by atoms with van der Waals surface area (Å²) in [4.78, 5) is 12.4. The molecule has 2 aromatic carbocycles. The van der Waals surface area contributed by atoms with Gasteiger partial charge in [-0.3, -0.25) is 9.48 Å². The lowest BCUT2D eigenvalue weighted by Gasteiger charge is -2.12. The minimum atomic E-state index is -0.123. The third kappa shape index (κ3) is 5.99. The second kappa shape index (κ2) is 9.98. The van der Waals surface area contributed by atoms with Crippen LogP contribution in [0.3, 0.4) is 0 Å². The summed E-state index contributed by atoms with van der Waals surface area (Å²) in [7, 11) is 0. The van der Waals surface area contributed by atoms with Crippen LogP contribution in [-0.4, -0.2) is 28.9 Å². The molecule has 29 heavy (non-hydrogen) atoms. The van der Waals surface area contributed by atoms with Crippen LogP contribution in [0, 0.1) is 0 Å². The van der Waals surface area contributed by atoms with Gasteiger partial charge in [0.25, 0.3) is 0 Å². The Balaban J connectivity index is 1.60. The van der Waals surface area contributed by atoms with Gasteiger partial charge >= 0.3 is 0 Å². The highest BCUT2D eigenvalue weighted by Gasteiger charge is 2.10. The maximum atomic E-state index is 12.4. The minimum Gasteiger partial charge on any atom is -0.490 e. The van der Waals surface area contributed by atoms with Crippen molar-refractivity contribution < 1.29 is 14.3 Å². The number of halogens is 1. The molecule has 0 aliphatic rings. The Bertz CT molecular complexity index is 954. The van der Waals surface area contributed by atoms with Crippen LogP contribution in [0.15, 0.2) is 54.9 Å². The van der Waals surface area contributed by atoms with Crippen molar-refractivity contribution in [3.8, 4) is 11.5 Å². The summed E-state index contributed by atoms with van der Waals surface area (Å²) < 4.78 is 12.9. The van der Waals surface area contributed by atoms with Crippen molar-refractivity contribution in [2.75, 3.05) is 18.5 Å². The lowest BCUT2D eigenvalue weighted by Crippen LogP contribution is -2.14. The van der Waals surface area contributed by atoms with E-state index >= 15 is 0 Å². The smallest absolute Gasteiger partial charge is 0.228 e. The van der Waals surface area contributed by atoms with E-state index in [9.17, 15) is 4.79 Å².